The van der Waals surface area contributed by atoms with Gasteiger partial charge in [-0.15, -0.1) is 13.2 Å². The maximum Gasteiger partial charge on any atom is 0.504 e. The van der Waals surface area contributed by atoms with Gasteiger partial charge < -0.3 is 15.3 Å². The molecule has 4 aromatic heterocycles. The van der Waals surface area contributed by atoms with Crippen LogP contribution < -0.4 is 10.2 Å². The fourth-order valence-corrected chi connectivity index (χ4v) is 7.06. The van der Waals surface area contributed by atoms with Crippen LogP contribution in [0.3, 0.4) is 0 Å². The van der Waals surface area contributed by atoms with E-state index in [1.807, 2.05) is 6.07 Å². The fourth-order valence-electron chi connectivity index (χ4n) is 5.59. The normalized spacial score (nSPS) is 20.5. The average molecular weight is 640 g/mol. The lowest BCUT2D eigenvalue weighted by Gasteiger charge is -2.34. The number of anilines is 3. The Kier molecular flexibility index (Phi) is 7.24. The van der Waals surface area contributed by atoms with E-state index in [9.17, 15) is 26.7 Å². The van der Waals surface area contributed by atoms with Crippen molar-refractivity contribution in [3.8, 4) is 23.2 Å². The Morgan fingerprint density at radius 3 is 2.44 bits per heavy atom. The van der Waals surface area contributed by atoms with Gasteiger partial charge in [0, 0.05) is 37.7 Å². The van der Waals surface area contributed by atoms with Crippen LogP contribution in [-0.4, -0.2) is 71.9 Å². The zero-order valence-corrected chi connectivity index (χ0v) is 24.6. The van der Waals surface area contributed by atoms with Gasteiger partial charge in [0.25, 0.3) is 10.0 Å². The van der Waals surface area contributed by atoms with E-state index < -0.39 is 21.6 Å². The average Bonchev–Trinajstić information content (AvgIpc) is 3.89. The molecule has 7 rings (SSSR count). The molecule has 1 aliphatic heterocycles. The topological polar surface area (TPSA) is 144 Å². The minimum atomic E-state index is -4.63. The van der Waals surface area contributed by atoms with Gasteiger partial charge >= 0.3 is 6.30 Å². The summed E-state index contributed by atoms with van der Waals surface area (Å²) in [6.07, 6.45) is 6.85. The van der Waals surface area contributed by atoms with E-state index in [4.69, 9.17) is 0 Å². The lowest BCUT2D eigenvalue weighted by Crippen LogP contribution is -2.35. The Bertz CT molecular complexity index is 1900. The first kappa shape index (κ1) is 29.2. The van der Waals surface area contributed by atoms with Crippen LogP contribution in [0.25, 0.3) is 11.4 Å². The summed E-state index contributed by atoms with van der Waals surface area (Å²) in [7, 11) is -3.53. The molecule has 3 fully saturated rings. The third-order valence-corrected chi connectivity index (χ3v) is 10.3. The molecule has 234 valence electrons. The van der Waals surface area contributed by atoms with Crippen molar-refractivity contribution in [2.45, 2.75) is 49.8 Å². The van der Waals surface area contributed by atoms with Crippen molar-refractivity contribution in [3.05, 3.63) is 60.4 Å². The van der Waals surface area contributed by atoms with Crippen molar-refractivity contribution in [3.63, 3.8) is 0 Å². The van der Waals surface area contributed by atoms with E-state index in [2.05, 4.69) is 47.2 Å². The number of hydrogen-bond acceptors (Lipinski definition) is 10. The number of rotatable bonds is 7. The third-order valence-electron chi connectivity index (χ3n) is 8.29. The molecule has 2 unspecified atom stereocenters. The quantitative estimate of drug-likeness (QED) is 0.289. The van der Waals surface area contributed by atoms with Crippen molar-refractivity contribution in [1.82, 2.24) is 33.9 Å². The Labute approximate surface area is 256 Å². The van der Waals surface area contributed by atoms with Crippen LogP contribution in [0.15, 0.2) is 49.3 Å². The largest absolute Gasteiger partial charge is 0.504 e. The second kappa shape index (κ2) is 11.1. The van der Waals surface area contributed by atoms with E-state index in [1.54, 1.807) is 12.3 Å². The molecule has 2 atom stereocenters. The molecule has 2 saturated carbocycles. The monoisotopic (exact) mass is 639 g/mol. The summed E-state index contributed by atoms with van der Waals surface area (Å²) >= 11 is 0. The Morgan fingerprint density at radius 1 is 0.978 bits per heavy atom. The number of alkyl halides is 3. The minimum Gasteiger partial charge on any atom is -0.393 e. The molecule has 0 aromatic carbocycles. The van der Waals surface area contributed by atoms with Crippen molar-refractivity contribution in [2.24, 2.45) is 11.8 Å². The molecule has 3 aliphatic rings. The number of nitrogens with one attached hydrogen (secondary N) is 1. The molecule has 2 aliphatic carbocycles. The first-order chi connectivity index (χ1) is 21.5. The van der Waals surface area contributed by atoms with E-state index in [-0.39, 0.29) is 22.2 Å². The van der Waals surface area contributed by atoms with E-state index >= 15 is 0 Å². The van der Waals surface area contributed by atoms with Crippen LogP contribution in [0, 0.1) is 23.7 Å². The number of hydrogen-bond donors (Lipinski definition) is 2. The first-order valence-corrected chi connectivity index (χ1v) is 16.0. The first-order valence-electron chi connectivity index (χ1n) is 14.5. The predicted molar refractivity (Wildman–Crippen MR) is 157 cm³/mol. The van der Waals surface area contributed by atoms with Crippen molar-refractivity contribution >= 4 is 27.3 Å². The smallest absolute Gasteiger partial charge is 0.393 e. The second-order valence-electron chi connectivity index (χ2n) is 11.5. The highest BCUT2D eigenvalue weighted by molar-refractivity contribution is 7.90. The Hall–Kier alpha value is -4.49. The van der Waals surface area contributed by atoms with Gasteiger partial charge in [0.05, 0.1) is 52.3 Å². The van der Waals surface area contributed by atoms with Crippen LogP contribution in [-0.2, 0) is 16.3 Å². The summed E-state index contributed by atoms with van der Waals surface area (Å²) < 4.78 is 64.9. The van der Waals surface area contributed by atoms with Gasteiger partial charge in [0.1, 0.15) is 11.6 Å². The van der Waals surface area contributed by atoms with Crippen molar-refractivity contribution < 1.29 is 26.7 Å². The predicted octanol–water partition coefficient (Wildman–Crippen LogP) is 3.49. The molecule has 1 saturated heterocycles. The van der Waals surface area contributed by atoms with Gasteiger partial charge in [0.15, 0.2) is 5.82 Å². The molecule has 0 spiro atoms. The highest BCUT2D eigenvalue weighted by Crippen LogP contribution is 2.43. The Balaban J connectivity index is 1.14. The third kappa shape index (κ3) is 6.22. The Morgan fingerprint density at radius 2 is 1.76 bits per heavy atom. The summed E-state index contributed by atoms with van der Waals surface area (Å²) in [5, 5.41) is 20.0. The molecule has 0 radical (unpaired) electrons. The maximum absolute atomic E-state index is 13.0. The summed E-state index contributed by atoms with van der Waals surface area (Å²) in [6, 6.07) is 3.46. The molecular formula is C29H28F3N9O3S. The van der Waals surface area contributed by atoms with Gasteiger partial charge in [-0.3, -0.25) is 0 Å². The molecule has 45 heavy (non-hydrogen) atoms. The summed E-state index contributed by atoms with van der Waals surface area (Å²) in [6.45, 7) is 1.45. The van der Waals surface area contributed by atoms with Gasteiger partial charge in [0.2, 0.25) is 0 Å². The number of aromatic nitrogens is 7. The van der Waals surface area contributed by atoms with Crippen LogP contribution in [0.2, 0.25) is 0 Å². The van der Waals surface area contributed by atoms with Gasteiger partial charge in [-0.1, -0.05) is 11.8 Å². The maximum atomic E-state index is 13.0. The minimum absolute atomic E-state index is 0.0900. The van der Waals surface area contributed by atoms with Crippen molar-refractivity contribution in [1.29, 1.82) is 0 Å². The molecule has 2 N–H and O–H groups in total. The van der Waals surface area contributed by atoms with E-state index in [0.29, 0.717) is 47.4 Å². The van der Waals surface area contributed by atoms with Gasteiger partial charge in [-0.2, -0.15) is 19.0 Å². The zero-order valence-electron chi connectivity index (χ0n) is 23.8. The van der Waals surface area contributed by atoms with Gasteiger partial charge in [-0.25, -0.2) is 23.4 Å². The highest BCUT2D eigenvalue weighted by Gasteiger charge is 2.42. The summed E-state index contributed by atoms with van der Waals surface area (Å²) in [4.78, 5) is 15.4. The van der Waals surface area contributed by atoms with Crippen LogP contribution >= 0.6 is 0 Å². The molecule has 0 amide bonds. The molecule has 0 bridgehead atoms. The molecular weight excluding hydrogens is 611 g/mol. The number of halogens is 3. The van der Waals surface area contributed by atoms with E-state index in [0.717, 1.165) is 54.5 Å². The summed E-state index contributed by atoms with van der Waals surface area (Å²) in [5.74, 6) is 7.68. The number of pyridine rings is 1. The van der Waals surface area contributed by atoms with Crippen LogP contribution in [0.5, 0.6) is 0 Å². The lowest BCUT2D eigenvalue weighted by molar-refractivity contribution is -0.212. The summed E-state index contributed by atoms with van der Waals surface area (Å²) in [5.41, 5.74) is 1.86. The molecule has 12 nitrogen and oxygen atoms in total. The second-order valence-corrected chi connectivity index (χ2v) is 13.6. The van der Waals surface area contributed by atoms with Crippen LogP contribution in [0.1, 0.15) is 43.2 Å². The standard InChI is InChI=1S/C29H28F3N9O3S/c30-29(31,32)40-16-18(13-35-40)1-2-20-14-34-27(12-24(20)39-9-6-19(7-10-39)23-11-25(23)42)37-26-5-8-33-28(38-26)21-15-36-41(17-21)45(43,44)22-3-4-22/h5,8,12-17,19,22-23,25,42H,3-4,6-7,9-11H2,(H,33,34,37,38). The fraction of sp³-hybridized carbons (Fsp3) is 0.414. The number of nitrogens with zero attached hydrogens (tertiary/aromatic N) is 8. The number of aliphatic hydroxyl groups is 1. The van der Waals surface area contributed by atoms with Gasteiger partial charge in [-0.05, 0) is 50.0 Å². The lowest BCUT2D eigenvalue weighted by atomic mass is 9.91. The highest BCUT2D eigenvalue weighted by atomic mass is 32.2. The van der Waals surface area contributed by atoms with Crippen molar-refractivity contribution in [2.75, 3.05) is 23.3 Å². The van der Waals surface area contributed by atoms with E-state index in [1.165, 1.54) is 18.6 Å². The molecule has 16 heteroatoms. The number of aliphatic hydroxyl groups excluding tert-OH is 1. The SMILES string of the molecule is O=S(=O)(C1CC1)n1cc(-c2nccc(Nc3cc(N4CCC(C5CC5O)CC4)c(C#Cc4cnn(C(F)(F)F)c4)cn3)n2)cn1. The molecule has 5 heterocycles. The zero-order chi connectivity index (χ0) is 31.3. The molecule has 4 aromatic rings. The van der Waals surface area contributed by atoms with Crippen LogP contribution in [0.4, 0.5) is 30.5 Å². The number of piperidine rings is 1.